The van der Waals surface area contributed by atoms with Gasteiger partial charge in [0.2, 0.25) is 19.9 Å². The number of benzene rings is 2. The zero-order valence-electron chi connectivity index (χ0n) is 18.7. The average molecular weight is 523 g/mol. The first-order chi connectivity index (χ1) is 15.7. The van der Waals surface area contributed by atoms with E-state index in [9.17, 15) is 34.8 Å². The average Bonchev–Trinajstić information content (AvgIpc) is 2.78. The third-order valence-electron chi connectivity index (χ3n) is 4.96. The molecule has 188 valence electrons. The fourth-order valence-corrected chi connectivity index (χ4v) is 5.59. The van der Waals surface area contributed by atoms with Crippen LogP contribution in [0, 0.1) is 0 Å². The maximum Gasteiger partial charge on any atom is 0.417 e. The molecule has 1 atom stereocenters. The van der Waals surface area contributed by atoms with Gasteiger partial charge in [-0.3, -0.25) is 9.69 Å². The molecule has 0 fully saturated rings. The van der Waals surface area contributed by atoms with Crippen molar-refractivity contribution in [3.8, 4) is 0 Å². The van der Waals surface area contributed by atoms with Gasteiger partial charge in [0.25, 0.3) is 0 Å². The Morgan fingerprint density at radius 2 is 1.68 bits per heavy atom. The van der Waals surface area contributed by atoms with Gasteiger partial charge in [-0.25, -0.2) is 21.6 Å². The number of alkyl halides is 3. The molecule has 0 bridgehead atoms. The van der Waals surface area contributed by atoms with E-state index < -0.39 is 53.4 Å². The first kappa shape index (κ1) is 27.8. The van der Waals surface area contributed by atoms with Crippen LogP contribution in [0.25, 0.3) is 0 Å². The summed E-state index contributed by atoms with van der Waals surface area (Å²) in [6, 6.07) is 7.87. The number of rotatable bonds is 10. The van der Waals surface area contributed by atoms with E-state index in [2.05, 4.69) is 0 Å². The fourth-order valence-electron chi connectivity index (χ4n) is 2.93. The summed E-state index contributed by atoms with van der Waals surface area (Å²) in [5.41, 5.74) is -1.50. The quantitative estimate of drug-likeness (QED) is 0.478. The number of hydrogen-bond donors (Lipinski definition) is 1. The van der Waals surface area contributed by atoms with E-state index in [1.165, 1.54) is 43.1 Å². The van der Waals surface area contributed by atoms with Crippen molar-refractivity contribution in [1.82, 2.24) is 9.62 Å². The van der Waals surface area contributed by atoms with E-state index in [1.807, 2.05) is 4.72 Å². The Kier molecular flexibility index (Phi) is 8.86. The number of hydrogen-bond acceptors (Lipinski definition) is 7. The third kappa shape index (κ3) is 6.56. The highest BCUT2D eigenvalue weighted by Crippen LogP contribution is 2.36. The van der Waals surface area contributed by atoms with Gasteiger partial charge in [0.1, 0.15) is 6.04 Å². The molecule has 2 aromatic rings. The molecular weight excluding hydrogens is 497 g/mol. The highest BCUT2D eigenvalue weighted by molar-refractivity contribution is 7.91. The van der Waals surface area contributed by atoms with E-state index >= 15 is 0 Å². The second kappa shape index (κ2) is 10.8. The summed E-state index contributed by atoms with van der Waals surface area (Å²) in [5, 5.41) is 0. The monoisotopic (exact) mass is 522 g/mol. The topological polar surface area (TPSA) is 110 Å². The lowest BCUT2D eigenvalue weighted by molar-refractivity contribution is -0.148. The summed E-state index contributed by atoms with van der Waals surface area (Å²) in [6.45, 7) is 2.96. The summed E-state index contributed by atoms with van der Waals surface area (Å²) in [4.78, 5) is 11.2. The number of esters is 1. The van der Waals surface area contributed by atoms with Crippen molar-refractivity contribution >= 4 is 25.8 Å². The first-order valence-electron chi connectivity index (χ1n) is 10.1. The van der Waals surface area contributed by atoms with Crippen molar-refractivity contribution in [3.63, 3.8) is 0 Å². The maximum absolute atomic E-state index is 13.5. The molecule has 0 saturated heterocycles. The molecule has 8 nitrogen and oxygen atoms in total. The van der Waals surface area contributed by atoms with Gasteiger partial charge in [-0.15, -0.1) is 0 Å². The Balaban J connectivity index is 2.36. The molecule has 0 radical (unpaired) electrons. The minimum absolute atomic E-state index is 0.0252. The smallest absolute Gasteiger partial charge is 0.417 e. The van der Waals surface area contributed by atoms with E-state index in [1.54, 1.807) is 13.0 Å². The Labute approximate surface area is 196 Å². The molecule has 0 saturated carbocycles. The number of carbonyl (C=O) groups excluding carboxylic acids is 1. The highest BCUT2D eigenvalue weighted by atomic mass is 32.2. The zero-order chi connectivity index (χ0) is 25.7. The fraction of sp³-hybridized carbons (Fsp3) is 0.381. The SMILES string of the molecule is CCOC(=O)[C@H](C)N(C)CCNS(=O)(=O)c1cc(S(=O)(=O)c2ccccc2)ccc1C(F)(F)F. The van der Waals surface area contributed by atoms with Crippen molar-refractivity contribution in [2.24, 2.45) is 0 Å². The molecule has 34 heavy (non-hydrogen) atoms. The Bertz CT molecular complexity index is 1220. The van der Waals surface area contributed by atoms with Crippen LogP contribution < -0.4 is 4.72 Å². The van der Waals surface area contributed by atoms with Crippen LogP contribution in [0.15, 0.2) is 63.2 Å². The maximum atomic E-state index is 13.5. The van der Waals surface area contributed by atoms with Gasteiger partial charge in [-0.2, -0.15) is 13.2 Å². The number of sulfone groups is 1. The number of nitrogens with one attached hydrogen (secondary N) is 1. The molecule has 0 aliphatic rings. The van der Waals surface area contributed by atoms with Gasteiger partial charge in [0.15, 0.2) is 0 Å². The lowest BCUT2D eigenvalue weighted by Gasteiger charge is -2.23. The van der Waals surface area contributed by atoms with Gasteiger partial charge >= 0.3 is 12.1 Å². The molecule has 0 aliphatic heterocycles. The predicted molar refractivity (Wildman–Crippen MR) is 117 cm³/mol. The Hall–Kier alpha value is -2.48. The number of halogens is 3. The molecule has 1 N–H and O–H groups in total. The zero-order valence-corrected chi connectivity index (χ0v) is 20.3. The van der Waals surface area contributed by atoms with Gasteiger partial charge < -0.3 is 4.74 Å². The number of carbonyl (C=O) groups is 1. The van der Waals surface area contributed by atoms with Crippen LogP contribution in [-0.4, -0.2) is 60.5 Å². The van der Waals surface area contributed by atoms with Gasteiger partial charge in [-0.1, -0.05) is 18.2 Å². The van der Waals surface area contributed by atoms with Crippen LogP contribution in [0.4, 0.5) is 13.2 Å². The third-order valence-corrected chi connectivity index (χ3v) is 8.23. The van der Waals surface area contributed by atoms with Crippen LogP contribution in [0.5, 0.6) is 0 Å². The Morgan fingerprint density at radius 1 is 1.06 bits per heavy atom. The molecule has 2 rings (SSSR count). The molecule has 0 aliphatic carbocycles. The molecule has 0 aromatic heterocycles. The first-order valence-corrected chi connectivity index (χ1v) is 13.1. The predicted octanol–water partition coefficient (Wildman–Crippen LogP) is 2.70. The minimum Gasteiger partial charge on any atom is -0.465 e. The summed E-state index contributed by atoms with van der Waals surface area (Å²) < 4.78 is 98.8. The largest absolute Gasteiger partial charge is 0.465 e. The summed E-state index contributed by atoms with van der Waals surface area (Å²) >= 11 is 0. The molecule has 0 amide bonds. The van der Waals surface area contributed by atoms with Crippen molar-refractivity contribution in [1.29, 1.82) is 0 Å². The van der Waals surface area contributed by atoms with E-state index in [0.29, 0.717) is 12.1 Å². The van der Waals surface area contributed by atoms with E-state index in [0.717, 1.165) is 6.07 Å². The summed E-state index contributed by atoms with van der Waals surface area (Å²) in [7, 11) is -7.51. The minimum atomic E-state index is -5.05. The van der Waals surface area contributed by atoms with Gasteiger partial charge in [0.05, 0.1) is 26.9 Å². The van der Waals surface area contributed by atoms with E-state index in [-0.39, 0.29) is 24.6 Å². The van der Waals surface area contributed by atoms with Crippen LogP contribution in [-0.2, 0) is 35.6 Å². The van der Waals surface area contributed by atoms with Gasteiger partial charge in [-0.05, 0) is 51.2 Å². The lowest BCUT2D eigenvalue weighted by atomic mass is 10.2. The normalized spacial score (nSPS) is 13.6. The molecule has 0 spiro atoms. The molecular formula is C21H25F3N2O6S2. The number of sulfonamides is 1. The van der Waals surface area contributed by atoms with Crippen molar-refractivity contribution in [3.05, 3.63) is 54.1 Å². The highest BCUT2D eigenvalue weighted by Gasteiger charge is 2.38. The van der Waals surface area contributed by atoms with Crippen LogP contribution >= 0.6 is 0 Å². The van der Waals surface area contributed by atoms with Crippen LogP contribution in [0.3, 0.4) is 0 Å². The van der Waals surface area contributed by atoms with Crippen molar-refractivity contribution < 1.29 is 39.5 Å². The second-order valence-corrected chi connectivity index (χ2v) is 11.0. The summed E-state index contributed by atoms with van der Waals surface area (Å²) in [5.74, 6) is -0.536. The number of ether oxygens (including phenoxy) is 1. The molecule has 0 unspecified atom stereocenters. The van der Waals surface area contributed by atoms with Crippen LogP contribution in [0.2, 0.25) is 0 Å². The van der Waals surface area contributed by atoms with Crippen molar-refractivity contribution in [2.75, 3.05) is 26.7 Å². The lowest BCUT2D eigenvalue weighted by Crippen LogP contribution is -2.42. The Morgan fingerprint density at radius 3 is 2.24 bits per heavy atom. The number of nitrogens with zero attached hydrogens (tertiary/aromatic N) is 1. The molecule has 0 heterocycles. The number of likely N-dealkylation sites (N-methyl/N-ethyl adjacent to an activating group) is 1. The van der Waals surface area contributed by atoms with Crippen LogP contribution in [0.1, 0.15) is 19.4 Å². The second-order valence-electron chi connectivity index (χ2n) is 7.28. The summed E-state index contributed by atoms with van der Waals surface area (Å²) in [6.07, 6.45) is -5.05. The van der Waals surface area contributed by atoms with Crippen molar-refractivity contribution in [2.45, 2.75) is 40.8 Å². The molecule has 2 aromatic carbocycles. The standard InChI is InChI=1S/C21H25F3N2O6S2/c1-4-32-20(27)15(2)26(3)13-12-25-34(30,31)19-14-17(10-11-18(19)21(22,23)24)33(28,29)16-8-6-5-7-9-16/h5-11,14-15,25H,4,12-13H2,1-3H3/t15-/m0/s1. The van der Waals surface area contributed by atoms with Gasteiger partial charge in [0, 0.05) is 13.1 Å². The molecule has 13 heteroatoms. The van der Waals surface area contributed by atoms with E-state index in [4.69, 9.17) is 4.74 Å².